The third-order valence-corrected chi connectivity index (χ3v) is 7.36. The van der Waals surface area contributed by atoms with Gasteiger partial charge in [0.1, 0.15) is 5.75 Å². The number of benzene rings is 2. The highest BCUT2D eigenvalue weighted by molar-refractivity contribution is 7.20. The number of thiophene rings is 1. The molecule has 7 heteroatoms. The van der Waals surface area contributed by atoms with Gasteiger partial charge >= 0.3 is 0 Å². The Balaban J connectivity index is 1.24. The van der Waals surface area contributed by atoms with Crippen LogP contribution >= 0.6 is 22.7 Å². The zero-order valence-corrected chi connectivity index (χ0v) is 18.2. The van der Waals surface area contributed by atoms with Gasteiger partial charge in [-0.2, -0.15) is 0 Å². The van der Waals surface area contributed by atoms with Gasteiger partial charge in [0.05, 0.1) is 17.7 Å². The molecule has 0 bridgehead atoms. The number of methoxy groups -OCH3 is 1. The Hall–Kier alpha value is -2.90. The van der Waals surface area contributed by atoms with Crippen LogP contribution in [0.25, 0.3) is 21.3 Å². The number of hydrogen-bond donors (Lipinski definition) is 0. The fraction of sp³-hybridized carbons (Fsp3) is 0.217. The lowest BCUT2D eigenvalue weighted by atomic mass is 10.2. The lowest BCUT2D eigenvalue weighted by Crippen LogP contribution is -2.48. The van der Waals surface area contributed by atoms with E-state index in [2.05, 4.69) is 22.4 Å². The number of aromatic nitrogens is 1. The Bertz CT molecular complexity index is 1140. The maximum Gasteiger partial charge on any atom is 0.264 e. The molecule has 0 aliphatic carbocycles. The number of anilines is 1. The van der Waals surface area contributed by atoms with E-state index >= 15 is 0 Å². The molecule has 5 rings (SSSR count). The third-order valence-electron chi connectivity index (χ3n) is 5.35. The second-order valence-electron chi connectivity index (χ2n) is 7.17. The summed E-state index contributed by atoms with van der Waals surface area (Å²) in [6.07, 6.45) is 0. The Morgan fingerprint density at radius 2 is 1.80 bits per heavy atom. The highest BCUT2D eigenvalue weighted by Gasteiger charge is 2.25. The smallest absolute Gasteiger partial charge is 0.264 e. The molecular formula is C23H21N3O2S2. The number of thiazole rings is 1. The maximum atomic E-state index is 12.9. The molecule has 5 nitrogen and oxygen atoms in total. The van der Waals surface area contributed by atoms with Gasteiger partial charge in [0.25, 0.3) is 5.91 Å². The van der Waals surface area contributed by atoms with Crippen LogP contribution in [0.1, 0.15) is 9.67 Å². The lowest BCUT2D eigenvalue weighted by molar-refractivity contribution is 0.0751. The van der Waals surface area contributed by atoms with Crippen molar-refractivity contribution in [2.75, 3.05) is 38.2 Å². The molecule has 3 heterocycles. The second-order valence-corrected chi connectivity index (χ2v) is 9.09. The van der Waals surface area contributed by atoms with Gasteiger partial charge in [-0.1, -0.05) is 18.2 Å². The van der Waals surface area contributed by atoms with Crippen molar-refractivity contribution < 1.29 is 9.53 Å². The number of ether oxygens (including phenoxy) is 1. The van der Waals surface area contributed by atoms with Gasteiger partial charge in [0, 0.05) is 41.8 Å². The van der Waals surface area contributed by atoms with Crippen LogP contribution in [0.5, 0.6) is 5.75 Å². The molecule has 1 saturated heterocycles. The summed E-state index contributed by atoms with van der Waals surface area (Å²) in [5.41, 5.74) is 2.05. The van der Waals surface area contributed by atoms with Gasteiger partial charge in [0.2, 0.25) is 0 Å². The molecular weight excluding hydrogens is 414 g/mol. The van der Waals surface area contributed by atoms with E-state index in [9.17, 15) is 4.79 Å². The zero-order chi connectivity index (χ0) is 20.5. The van der Waals surface area contributed by atoms with Crippen molar-refractivity contribution >= 4 is 43.8 Å². The molecule has 0 atom stereocenters. The number of hydrogen-bond acceptors (Lipinski definition) is 6. The first-order valence-electron chi connectivity index (χ1n) is 9.84. The minimum atomic E-state index is 0.133. The van der Waals surface area contributed by atoms with Crippen molar-refractivity contribution in [2.45, 2.75) is 0 Å². The van der Waals surface area contributed by atoms with Crippen molar-refractivity contribution in [1.82, 2.24) is 9.88 Å². The number of carbonyl (C=O) groups is 1. The molecule has 0 saturated carbocycles. The summed E-state index contributed by atoms with van der Waals surface area (Å²) in [6, 6.07) is 18.1. The highest BCUT2D eigenvalue weighted by Crippen LogP contribution is 2.30. The average molecular weight is 436 g/mol. The largest absolute Gasteiger partial charge is 0.497 e. The van der Waals surface area contributed by atoms with Crippen molar-refractivity contribution in [3.63, 3.8) is 0 Å². The van der Waals surface area contributed by atoms with Gasteiger partial charge in [-0.15, -0.1) is 22.7 Å². The Morgan fingerprint density at radius 3 is 2.53 bits per heavy atom. The van der Waals surface area contributed by atoms with Gasteiger partial charge in [0.15, 0.2) is 5.13 Å². The molecule has 0 radical (unpaired) electrons. The molecule has 0 spiro atoms. The van der Waals surface area contributed by atoms with Crippen LogP contribution in [0.15, 0.2) is 60.0 Å². The number of amides is 1. The van der Waals surface area contributed by atoms with Crippen molar-refractivity contribution in [3.05, 3.63) is 64.9 Å². The molecule has 2 aromatic heterocycles. The van der Waals surface area contributed by atoms with E-state index in [0.29, 0.717) is 13.1 Å². The Kier molecular flexibility index (Phi) is 5.14. The highest BCUT2D eigenvalue weighted by atomic mass is 32.1. The quantitative estimate of drug-likeness (QED) is 0.453. The lowest BCUT2D eigenvalue weighted by Gasteiger charge is -2.34. The van der Waals surface area contributed by atoms with Crippen molar-refractivity contribution in [2.24, 2.45) is 0 Å². The first-order valence-corrected chi connectivity index (χ1v) is 11.5. The Labute approximate surface area is 183 Å². The summed E-state index contributed by atoms with van der Waals surface area (Å²) < 4.78 is 6.39. The molecule has 0 unspecified atom stereocenters. The summed E-state index contributed by atoms with van der Waals surface area (Å²) in [7, 11) is 1.67. The SMILES string of the molecule is COc1ccc(-c2csc(N3CCN(C(=O)c4cc5ccccc5s4)CC3)n2)cc1. The van der Waals surface area contributed by atoms with Crippen LogP contribution in [0.2, 0.25) is 0 Å². The molecule has 152 valence electrons. The monoisotopic (exact) mass is 435 g/mol. The van der Waals surface area contributed by atoms with Crippen LogP contribution in [-0.2, 0) is 0 Å². The summed E-state index contributed by atoms with van der Waals surface area (Å²) in [4.78, 5) is 22.8. The average Bonchev–Trinajstić information content (AvgIpc) is 3.46. The standard InChI is InChI=1S/C23H21N3O2S2/c1-28-18-8-6-16(7-9-18)19-15-29-23(24-19)26-12-10-25(11-13-26)22(27)21-14-17-4-2-3-5-20(17)30-21/h2-9,14-15H,10-13H2,1H3. The van der Waals surface area contributed by atoms with Gasteiger partial charge < -0.3 is 14.5 Å². The number of nitrogens with zero attached hydrogens (tertiary/aromatic N) is 3. The zero-order valence-electron chi connectivity index (χ0n) is 16.6. The molecule has 1 aliphatic rings. The molecule has 1 aliphatic heterocycles. The van der Waals surface area contributed by atoms with E-state index in [1.165, 1.54) is 0 Å². The van der Waals surface area contributed by atoms with Crippen LogP contribution in [0, 0.1) is 0 Å². The van der Waals surface area contributed by atoms with Crippen LogP contribution in [0.4, 0.5) is 5.13 Å². The molecule has 30 heavy (non-hydrogen) atoms. The number of carbonyl (C=O) groups excluding carboxylic acids is 1. The number of fused-ring (bicyclic) bond motifs is 1. The van der Waals surface area contributed by atoms with Crippen LogP contribution < -0.4 is 9.64 Å². The summed E-state index contributed by atoms with van der Waals surface area (Å²) in [5, 5.41) is 4.24. The van der Waals surface area contributed by atoms with Crippen LogP contribution in [0.3, 0.4) is 0 Å². The molecule has 0 N–H and O–H groups in total. The van der Waals surface area contributed by atoms with E-state index < -0.39 is 0 Å². The topological polar surface area (TPSA) is 45.7 Å². The molecule has 1 fully saturated rings. The minimum absolute atomic E-state index is 0.133. The summed E-state index contributed by atoms with van der Waals surface area (Å²) in [6.45, 7) is 3.02. The number of piperazine rings is 1. The first-order chi connectivity index (χ1) is 14.7. The van der Waals surface area contributed by atoms with E-state index in [0.717, 1.165) is 50.2 Å². The van der Waals surface area contributed by atoms with E-state index in [1.807, 2.05) is 47.4 Å². The maximum absolute atomic E-state index is 12.9. The fourth-order valence-electron chi connectivity index (χ4n) is 3.65. The van der Waals surface area contributed by atoms with Crippen LogP contribution in [-0.4, -0.2) is 49.1 Å². The van der Waals surface area contributed by atoms with Crippen molar-refractivity contribution in [1.29, 1.82) is 0 Å². The van der Waals surface area contributed by atoms with E-state index in [4.69, 9.17) is 9.72 Å². The second kappa shape index (κ2) is 8.08. The third kappa shape index (κ3) is 3.66. The van der Waals surface area contributed by atoms with E-state index in [-0.39, 0.29) is 5.91 Å². The fourth-order valence-corrected chi connectivity index (χ4v) is 5.57. The van der Waals surface area contributed by atoms with Gasteiger partial charge in [-0.05, 0) is 41.8 Å². The predicted octanol–water partition coefficient (Wildman–Crippen LogP) is 5.00. The Morgan fingerprint density at radius 1 is 1.03 bits per heavy atom. The summed E-state index contributed by atoms with van der Waals surface area (Å²) in [5.74, 6) is 0.975. The summed E-state index contributed by atoms with van der Waals surface area (Å²) >= 11 is 3.23. The van der Waals surface area contributed by atoms with Gasteiger partial charge in [-0.3, -0.25) is 4.79 Å². The van der Waals surface area contributed by atoms with Gasteiger partial charge in [-0.25, -0.2) is 4.98 Å². The van der Waals surface area contributed by atoms with Crippen molar-refractivity contribution in [3.8, 4) is 17.0 Å². The number of rotatable bonds is 4. The normalized spacial score (nSPS) is 14.3. The molecule has 2 aromatic carbocycles. The minimum Gasteiger partial charge on any atom is -0.497 e. The molecule has 4 aromatic rings. The predicted molar refractivity (Wildman–Crippen MR) is 124 cm³/mol. The first kappa shape index (κ1) is 19.1. The van der Waals surface area contributed by atoms with E-state index in [1.54, 1.807) is 29.8 Å². The molecule has 1 amide bonds.